The van der Waals surface area contributed by atoms with Crippen molar-refractivity contribution in [3.05, 3.63) is 46.1 Å². The van der Waals surface area contributed by atoms with Crippen molar-refractivity contribution in [3.63, 3.8) is 0 Å². The second-order valence-corrected chi connectivity index (χ2v) is 5.93. The van der Waals surface area contributed by atoms with Crippen molar-refractivity contribution in [2.75, 3.05) is 5.32 Å². The number of anilines is 1. The number of hydrogen-bond donors (Lipinski definition) is 2. The highest BCUT2D eigenvalue weighted by Gasteiger charge is 2.30. The van der Waals surface area contributed by atoms with E-state index in [-0.39, 0.29) is 11.6 Å². The van der Waals surface area contributed by atoms with Crippen LogP contribution in [0.5, 0.6) is 0 Å². The highest BCUT2D eigenvalue weighted by atomic mass is 16.6. The molecular weight excluding hydrogens is 314 g/mol. The van der Waals surface area contributed by atoms with Gasteiger partial charge in [-0.2, -0.15) is 4.98 Å². The van der Waals surface area contributed by atoms with Crippen LogP contribution in [-0.2, 0) is 4.79 Å². The highest BCUT2D eigenvalue weighted by molar-refractivity contribution is 5.88. The Hall–Kier alpha value is -2.97. The Morgan fingerprint density at radius 1 is 1.33 bits per heavy atom. The Bertz CT molecular complexity index is 739. The van der Waals surface area contributed by atoms with Crippen LogP contribution in [0, 0.1) is 17.0 Å². The number of carbonyl (C=O) groups is 1. The highest BCUT2D eigenvalue weighted by Crippen LogP contribution is 2.20. The predicted octanol–water partition coefficient (Wildman–Crippen LogP) is 2.35. The molecule has 2 N–H and O–H groups in total. The smallest absolute Gasteiger partial charge is 0.269 e. The molecule has 1 aromatic carbocycles. The Morgan fingerprint density at radius 2 is 1.96 bits per heavy atom. The number of nitro benzene ring substituents is 1. The number of hydrogen-bond acceptors (Lipinski definition) is 7. The van der Waals surface area contributed by atoms with E-state index in [0.717, 1.165) is 0 Å². The summed E-state index contributed by atoms with van der Waals surface area (Å²) < 4.78 is 5.03. The van der Waals surface area contributed by atoms with Gasteiger partial charge in [-0.3, -0.25) is 14.9 Å². The molecule has 1 aromatic heterocycles. The van der Waals surface area contributed by atoms with Crippen molar-refractivity contribution in [2.45, 2.75) is 39.3 Å². The molecule has 128 valence electrons. The van der Waals surface area contributed by atoms with Crippen molar-refractivity contribution in [1.29, 1.82) is 0 Å². The quantitative estimate of drug-likeness (QED) is 0.614. The van der Waals surface area contributed by atoms with Gasteiger partial charge in [-0.05, 0) is 39.8 Å². The van der Waals surface area contributed by atoms with Crippen molar-refractivity contribution in [2.24, 2.45) is 0 Å². The largest absolute Gasteiger partial charge is 0.372 e. The number of rotatable bonds is 6. The van der Waals surface area contributed by atoms with Gasteiger partial charge in [0.2, 0.25) is 11.8 Å². The molecule has 0 aliphatic heterocycles. The van der Waals surface area contributed by atoms with E-state index >= 15 is 0 Å². The monoisotopic (exact) mass is 333 g/mol. The third-order valence-electron chi connectivity index (χ3n) is 3.36. The van der Waals surface area contributed by atoms with E-state index < -0.39 is 16.5 Å². The van der Waals surface area contributed by atoms with Crippen LogP contribution in [-0.4, -0.2) is 26.5 Å². The summed E-state index contributed by atoms with van der Waals surface area (Å²) in [5.41, 5.74) is -0.357. The van der Waals surface area contributed by atoms with Gasteiger partial charge in [0.25, 0.3) is 5.69 Å². The number of nitrogens with zero attached hydrogens (tertiary/aromatic N) is 3. The van der Waals surface area contributed by atoms with Crippen LogP contribution in [0.4, 0.5) is 11.4 Å². The number of nitro groups is 1. The third-order valence-corrected chi connectivity index (χ3v) is 3.36. The third kappa shape index (κ3) is 4.06. The van der Waals surface area contributed by atoms with E-state index in [4.69, 9.17) is 4.52 Å². The summed E-state index contributed by atoms with van der Waals surface area (Å²) in [6.07, 6.45) is 0. The molecule has 1 amide bonds. The van der Waals surface area contributed by atoms with Crippen LogP contribution in [0.1, 0.15) is 38.5 Å². The fourth-order valence-corrected chi connectivity index (χ4v) is 2.01. The maximum atomic E-state index is 12.5. The lowest BCUT2D eigenvalue weighted by Crippen LogP contribution is -2.48. The Labute approximate surface area is 138 Å². The first-order valence-electron chi connectivity index (χ1n) is 7.33. The zero-order valence-electron chi connectivity index (χ0n) is 13.9. The summed E-state index contributed by atoms with van der Waals surface area (Å²) in [5.74, 6) is 0.547. The minimum Gasteiger partial charge on any atom is -0.372 e. The van der Waals surface area contributed by atoms with Gasteiger partial charge in [0.1, 0.15) is 11.6 Å². The van der Waals surface area contributed by atoms with Crippen molar-refractivity contribution in [1.82, 2.24) is 15.5 Å². The van der Waals surface area contributed by atoms with E-state index in [2.05, 4.69) is 20.8 Å². The standard InChI is InChI=1S/C15H19N5O4/c1-9(13-17-10(2)19-24-13)16-14(21)15(3,4)18-11-5-7-12(8-6-11)20(22)23/h5-9,18H,1-4H3,(H,16,21)/t9-/m0/s1. The maximum absolute atomic E-state index is 12.5. The normalized spacial score (nSPS) is 12.5. The molecule has 0 bridgehead atoms. The Morgan fingerprint density at radius 3 is 2.46 bits per heavy atom. The van der Waals surface area contributed by atoms with Crippen LogP contribution in [0.3, 0.4) is 0 Å². The molecule has 24 heavy (non-hydrogen) atoms. The fourth-order valence-electron chi connectivity index (χ4n) is 2.01. The minimum absolute atomic E-state index is 0.0109. The number of benzene rings is 1. The lowest BCUT2D eigenvalue weighted by atomic mass is 10.0. The number of carbonyl (C=O) groups excluding carboxylic acids is 1. The summed E-state index contributed by atoms with van der Waals surface area (Å²) in [7, 11) is 0. The molecule has 0 fully saturated rings. The fraction of sp³-hybridized carbons (Fsp3) is 0.400. The van der Waals surface area contributed by atoms with Crippen molar-refractivity contribution >= 4 is 17.3 Å². The SMILES string of the molecule is Cc1noc([C@H](C)NC(=O)C(C)(C)Nc2ccc([N+](=O)[O-])cc2)n1. The molecule has 0 aliphatic rings. The Kier molecular flexibility index (Phi) is 4.82. The first-order chi connectivity index (χ1) is 11.2. The number of amides is 1. The topological polar surface area (TPSA) is 123 Å². The first-order valence-corrected chi connectivity index (χ1v) is 7.33. The number of nitrogens with one attached hydrogen (secondary N) is 2. The molecular formula is C15H19N5O4. The van der Waals surface area contributed by atoms with Crippen LogP contribution in [0.25, 0.3) is 0 Å². The maximum Gasteiger partial charge on any atom is 0.269 e. The van der Waals surface area contributed by atoms with E-state index in [9.17, 15) is 14.9 Å². The molecule has 0 unspecified atom stereocenters. The molecule has 2 rings (SSSR count). The van der Waals surface area contributed by atoms with E-state index in [1.807, 2.05) is 0 Å². The summed E-state index contributed by atoms with van der Waals surface area (Å²) in [4.78, 5) is 26.7. The van der Waals surface area contributed by atoms with Gasteiger partial charge in [0.15, 0.2) is 5.82 Å². The van der Waals surface area contributed by atoms with Crippen LogP contribution in [0.15, 0.2) is 28.8 Å². The van der Waals surface area contributed by atoms with Gasteiger partial charge in [-0.25, -0.2) is 0 Å². The Balaban J connectivity index is 2.02. The van der Waals surface area contributed by atoms with E-state index in [0.29, 0.717) is 17.4 Å². The molecule has 0 radical (unpaired) electrons. The van der Waals surface area contributed by atoms with Gasteiger partial charge in [0.05, 0.1) is 4.92 Å². The molecule has 0 spiro atoms. The molecule has 1 atom stereocenters. The molecule has 0 saturated carbocycles. The van der Waals surface area contributed by atoms with Gasteiger partial charge in [-0.1, -0.05) is 5.16 Å². The zero-order valence-corrected chi connectivity index (χ0v) is 13.9. The first kappa shape index (κ1) is 17.4. The van der Waals surface area contributed by atoms with Gasteiger partial charge in [0, 0.05) is 17.8 Å². The van der Waals surface area contributed by atoms with Gasteiger partial charge >= 0.3 is 0 Å². The van der Waals surface area contributed by atoms with Crippen LogP contribution < -0.4 is 10.6 Å². The molecule has 1 heterocycles. The summed E-state index contributed by atoms with van der Waals surface area (Å²) in [6, 6.07) is 5.42. The zero-order chi connectivity index (χ0) is 17.9. The van der Waals surface area contributed by atoms with Crippen LogP contribution >= 0.6 is 0 Å². The van der Waals surface area contributed by atoms with E-state index in [1.165, 1.54) is 12.1 Å². The molecule has 9 nitrogen and oxygen atoms in total. The second kappa shape index (κ2) is 6.65. The van der Waals surface area contributed by atoms with Crippen molar-refractivity contribution in [3.8, 4) is 0 Å². The molecule has 9 heteroatoms. The lowest BCUT2D eigenvalue weighted by molar-refractivity contribution is -0.384. The second-order valence-electron chi connectivity index (χ2n) is 5.93. The number of aryl methyl sites for hydroxylation is 1. The number of aromatic nitrogens is 2. The average Bonchev–Trinajstić information content (AvgIpc) is 2.94. The minimum atomic E-state index is -0.945. The lowest BCUT2D eigenvalue weighted by Gasteiger charge is -2.27. The summed E-state index contributed by atoms with van der Waals surface area (Å²) >= 11 is 0. The molecule has 2 aromatic rings. The summed E-state index contributed by atoms with van der Waals surface area (Å²) in [6.45, 7) is 6.85. The predicted molar refractivity (Wildman–Crippen MR) is 86.4 cm³/mol. The van der Waals surface area contributed by atoms with Crippen molar-refractivity contribution < 1.29 is 14.2 Å². The average molecular weight is 333 g/mol. The number of non-ortho nitro benzene ring substituents is 1. The molecule has 0 aliphatic carbocycles. The summed E-state index contributed by atoms with van der Waals surface area (Å²) in [5, 5.41) is 20.2. The van der Waals surface area contributed by atoms with E-state index in [1.54, 1.807) is 39.8 Å². The van der Waals surface area contributed by atoms with Gasteiger partial charge in [-0.15, -0.1) is 0 Å². The van der Waals surface area contributed by atoms with Crippen LogP contribution in [0.2, 0.25) is 0 Å². The molecule has 0 saturated heterocycles. The van der Waals surface area contributed by atoms with Gasteiger partial charge < -0.3 is 15.2 Å².